The standard InChI is InChI=1S/C57H47BN2O2/c1-34-30-49-53-50(31-34)60(47-19-13-18-43-41-15-9-11-21-52(41)62-55(43)47)48-33-37(57(5,6)7)24-28-44(48)58(53)45-32-36(56(2,3)4)25-29-46(45)59(49)38-26-22-35(23-27-38)39-16-12-17-42-40-14-8-10-20-51(40)61-54(39)42/h8-33H,1-7H3. The fraction of sp³-hybridized carbons (Fsp3) is 0.158. The van der Waals surface area contributed by atoms with Gasteiger partial charge in [0.2, 0.25) is 0 Å². The first-order valence-electron chi connectivity index (χ1n) is 21.9. The topological polar surface area (TPSA) is 32.8 Å². The van der Waals surface area contributed by atoms with E-state index < -0.39 is 0 Å². The minimum atomic E-state index is -0.0487. The number of fused-ring (bicyclic) bond motifs is 10. The Bertz CT molecular complexity index is 3470. The molecule has 0 radical (unpaired) electrons. The molecule has 62 heavy (non-hydrogen) atoms. The minimum absolute atomic E-state index is 0.00857. The van der Waals surface area contributed by atoms with Gasteiger partial charge in [-0.1, -0.05) is 145 Å². The number of rotatable bonds is 3. The highest BCUT2D eigenvalue weighted by molar-refractivity contribution is 7.00. The summed E-state index contributed by atoms with van der Waals surface area (Å²) in [5, 5.41) is 4.53. The zero-order valence-electron chi connectivity index (χ0n) is 36.3. The quantitative estimate of drug-likeness (QED) is 0.167. The van der Waals surface area contributed by atoms with Crippen molar-refractivity contribution in [2.45, 2.75) is 59.3 Å². The number of hydrogen-bond acceptors (Lipinski definition) is 4. The predicted molar refractivity (Wildman–Crippen MR) is 263 cm³/mol. The van der Waals surface area contributed by atoms with Gasteiger partial charge in [0.05, 0.1) is 5.69 Å². The van der Waals surface area contributed by atoms with Crippen molar-refractivity contribution in [1.82, 2.24) is 0 Å². The fourth-order valence-electron chi connectivity index (χ4n) is 10.3. The van der Waals surface area contributed by atoms with E-state index >= 15 is 0 Å². The number of anilines is 6. The van der Waals surface area contributed by atoms with E-state index in [1.54, 1.807) is 0 Å². The van der Waals surface area contributed by atoms with Crippen LogP contribution in [-0.4, -0.2) is 6.71 Å². The molecule has 4 nitrogen and oxygen atoms in total. The lowest BCUT2D eigenvalue weighted by molar-refractivity contribution is 0.590. The van der Waals surface area contributed by atoms with Crippen LogP contribution in [0.5, 0.6) is 0 Å². The van der Waals surface area contributed by atoms with Crippen molar-refractivity contribution in [3.05, 3.63) is 174 Å². The molecular weight excluding hydrogens is 755 g/mol. The van der Waals surface area contributed by atoms with Gasteiger partial charge >= 0.3 is 0 Å². The normalized spacial score (nSPS) is 13.6. The summed E-state index contributed by atoms with van der Waals surface area (Å²) < 4.78 is 13.3. The summed E-state index contributed by atoms with van der Waals surface area (Å²) in [6.45, 7) is 16.1. The lowest BCUT2D eigenvalue weighted by atomic mass is 9.33. The molecule has 12 rings (SSSR count). The van der Waals surface area contributed by atoms with Crippen LogP contribution >= 0.6 is 0 Å². The molecule has 300 valence electrons. The molecule has 0 fully saturated rings. The van der Waals surface area contributed by atoms with E-state index in [0.717, 1.165) is 66.4 Å². The van der Waals surface area contributed by atoms with Crippen molar-refractivity contribution in [3.63, 3.8) is 0 Å². The Morgan fingerprint density at radius 1 is 0.435 bits per heavy atom. The van der Waals surface area contributed by atoms with Crippen molar-refractivity contribution in [1.29, 1.82) is 0 Å². The first kappa shape index (κ1) is 36.8. The van der Waals surface area contributed by atoms with Crippen molar-refractivity contribution >= 4 is 101 Å². The minimum Gasteiger partial charge on any atom is -0.455 e. The third-order valence-electron chi connectivity index (χ3n) is 13.4. The molecule has 0 aliphatic carbocycles. The van der Waals surface area contributed by atoms with Gasteiger partial charge in [-0.3, -0.25) is 0 Å². The summed E-state index contributed by atoms with van der Waals surface area (Å²) in [7, 11) is 0. The second-order valence-electron chi connectivity index (χ2n) is 19.4. The lowest BCUT2D eigenvalue weighted by Gasteiger charge is -2.45. The Morgan fingerprint density at radius 2 is 1.02 bits per heavy atom. The molecule has 0 saturated carbocycles. The van der Waals surface area contributed by atoms with Crippen LogP contribution < -0.4 is 26.2 Å². The molecule has 2 aliphatic rings. The zero-order chi connectivity index (χ0) is 42.2. The summed E-state index contributed by atoms with van der Waals surface area (Å²) in [5.41, 5.74) is 20.4. The van der Waals surface area contributed by atoms with E-state index in [1.165, 1.54) is 55.8 Å². The van der Waals surface area contributed by atoms with E-state index in [9.17, 15) is 0 Å². The molecule has 0 atom stereocenters. The maximum absolute atomic E-state index is 6.82. The SMILES string of the molecule is Cc1cc2c3c(c1)N(c1cccc4c1oc1ccccc14)c1cc(C(C)(C)C)ccc1B3c1cc(C(C)(C)C)ccc1N2c1ccc(-c2cccc3c2oc2ccccc23)cc1. The molecule has 0 saturated heterocycles. The van der Waals surface area contributed by atoms with E-state index in [1.807, 2.05) is 6.07 Å². The predicted octanol–water partition coefficient (Wildman–Crippen LogP) is 14.1. The number of furan rings is 2. The van der Waals surface area contributed by atoms with Crippen LogP contribution in [0.3, 0.4) is 0 Å². The van der Waals surface area contributed by atoms with Crippen molar-refractivity contribution in [3.8, 4) is 11.1 Å². The average Bonchev–Trinajstić information content (AvgIpc) is 3.84. The molecule has 0 bridgehead atoms. The molecular formula is C57H47BN2O2. The van der Waals surface area contributed by atoms with Crippen LogP contribution in [0, 0.1) is 6.92 Å². The molecule has 0 spiro atoms. The molecule has 2 aromatic heterocycles. The van der Waals surface area contributed by atoms with Crippen LogP contribution in [0.15, 0.2) is 167 Å². The molecule has 5 heteroatoms. The van der Waals surface area contributed by atoms with Crippen molar-refractivity contribution in [2.75, 3.05) is 9.80 Å². The highest BCUT2D eigenvalue weighted by Gasteiger charge is 2.44. The Hall–Kier alpha value is -6.98. The first-order chi connectivity index (χ1) is 29.9. The second-order valence-corrected chi connectivity index (χ2v) is 19.4. The van der Waals surface area contributed by atoms with Gasteiger partial charge < -0.3 is 18.6 Å². The maximum atomic E-state index is 6.82. The first-order valence-corrected chi connectivity index (χ1v) is 21.9. The summed E-state index contributed by atoms with van der Waals surface area (Å²) in [5.74, 6) is 0. The molecule has 8 aromatic carbocycles. The van der Waals surface area contributed by atoms with E-state index in [-0.39, 0.29) is 17.5 Å². The molecule has 4 heterocycles. The van der Waals surface area contributed by atoms with Crippen molar-refractivity contribution in [2.24, 2.45) is 0 Å². The van der Waals surface area contributed by atoms with Crippen LogP contribution in [0.1, 0.15) is 58.2 Å². The van der Waals surface area contributed by atoms with Crippen LogP contribution in [0.2, 0.25) is 0 Å². The number of nitrogens with zero attached hydrogens (tertiary/aromatic N) is 2. The van der Waals surface area contributed by atoms with Gasteiger partial charge in [0.25, 0.3) is 6.71 Å². The number of hydrogen-bond donors (Lipinski definition) is 0. The van der Waals surface area contributed by atoms with Gasteiger partial charge in [0, 0.05) is 55.5 Å². The lowest BCUT2D eigenvalue weighted by Crippen LogP contribution is -2.61. The fourth-order valence-corrected chi connectivity index (χ4v) is 10.3. The number of benzene rings is 8. The summed E-state index contributed by atoms with van der Waals surface area (Å²) >= 11 is 0. The van der Waals surface area contributed by atoms with Gasteiger partial charge in [0.15, 0.2) is 5.58 Å². The third-order valence-corrected chi connectivity index (χ3v) is 13.4. The maximum Gasteiger partial charge on any atom is 0.252 e. The Balaban J connectivity index is 1.11. The van der Waals surface area contributed by atoms with Crippen LogP contribution in [-0.2, 0) is 10.8 Å². The van der Waals surface area contributed by atoms with E-state index in [2.05, 4.69) is 210 Å². The van der Waals surface area contributed by atoms with E-state index in [4.69, 9.17) is 8.83 Å². The van der Waals surface area contributed by atoms with Gasteiger partial charge in [-0.15, -0.1) is 0 Å². The number of para-hydroxylation sites is 4. The van der Waals surface area contributed by atoms with Crippen molar-refractivity contribution < 1.29 is 8.83 Å². The molecule has 0 unspecified atom stereocenters. The number of aryl methyl sites for hydroxylation is 1. The van der Waals surface area contributed by atoms with Gasteiger partial charge in [0.1, 0.15) is 16.7 Å². The van der Waals surface area contributed by atoms with Gasteiger partial charge in [-0.05, 0) is 111 Å². The summed E-state index contributed by atoms with van der Waals surface area (Å²) in [6, 6.07) is 58.1. The summed E-state index contributed by atoms with van der Waals surface area (Å²) in [6.07, 6.45) is 0. The highest BCUT2D eigenvalue weighted by Crippen LogP contribution is 2.48. The highest BCUT2D eigenvalue weighted by atomic mass is 16.3. The molecule has 0 N–H and O–H groups in total. The largest absolute Gasteiger partial charge is 0.455 e. The smallest absolute Gasteiger partial charge is 0.252 e. The Morgan fingerprint density at radius 3 is 1.71 bits per heavy atom. The Kier molecular flexibility index (Phi) is 7.73. The van der Waals surface area contributed by atoms with Gasteiger partial charge in [-0.25, -0.2) is 0 Å². The average molecular weight is 803 g/mol. The molecule has 10 aromatic rings. The van der Waals surface area contributed by atoms with E-state index in [0.29, 0.717) is 0 Å². The monoisotopic (exact) mass is 802 g/mol. The van der Waals surface area contributed by atoms with Crippen LogP contribution in [0.25, 0.3) is 55.0 Å². The van der Waals surface area contributed by atoms with Gasteiger partial charge in [-0.2, -0.15) is 0 Å². The molecule has 2 aliphatic heterocycles. The zero-order valence-corrected chi connectivity index (χ0v) is 36.3. The summed E-state index contributed by atoms with van der Waals surface area (Å²) in [4.78, 5) is 5.01. The van der Waals surface area contributed by atoms with Crippen LogP contribution in [0.4, 0.5) is 34.1 Å². The second kappa shape index (κ2) is 13.0. The molecule has 0 amide bonds. The Labute approximate surface area is 363 Å². The third kappa shape index (κ3) is 5.40.